The summed E-state index contributed by atoms with van der Waals surface area (Å²) in [6.07, 6.45) is -4.30. The van der Waals surface area contributed by atoms with E-state index in [9.17, 15) is 13.2 Å². The Kier molecular flexibility index (Phi) is 5.58. The minimum Gasteiger partial charge on any atom is -0.491 e. The van der Waals surface area contributed by atoms with Crippen molar-refractivity contribution in [3.8, 4) is 5.75 Å². The van der Waals surface area contributed by atoms with E-state index in [-0.39, 0.29) is 13.2 Å². The van der Waals surface area contributed by atoms with Crippen LogP contribution in [0.4, 0.5) is 13.2 Å². The van der Waals surface area contributed by atoms with Crippen LogP contribution in [0.3, 0.4) is 0 Å². The van der Waals surface area contributed by atoms with Gasteiger partial charge in [-0.3, -0.25) is 0 Å². The molecule has 17 heavy (non-hydrogen) atoms. The Morgan fingerprint density at radius 3 is 2.47 bits per heavy atom. The molecule has 1 aromatic carbocycles. The standard InChI is InChI=1S/C11H12ClF3O2/c12-7-9-3-1-2-4-10(9)17-6-5-16-8-11(13,14)15/h1-4H,5-8H2. The van der Waals surface area contributed by atoms with Crippen LogP contribution in [-0.4, -0.2) is 26.0 Å². The van der Waals surface area contributed by atoms with Crippen LogP contribution in [0.1, 0.15) is 5.56 Å². The van der Waals surface area contributed by atoms with Crippen molar-refractivity contribution in [3.63, 3.8) is 0 Å². The largest absolute Gasteiger partial charge is 0.491 e. The normalized spacial score (nSPS) is 11.5. The van der Waals surface area contributed by atoms with Gasteiger partial charge in [0, 0.05) is 5.56 Å². The molecule has 1 rings (SSSR count). The van der Waals surface area contributed by atoms with E-state index in [4.69, 9.17) is 16.3 Å². The molecule has 0 unspecified atom stereocenters. The molecular weight excluding hydrogens is 257 g/mol. The van der Waals surface area contributed by atoms with Gasteiger partial charge in [-0.05, 0) is 6.07 Å². The Labute approximate surface area is 102 Å². The first-order valence-corrected chi connectivity index (χ1v) is 5.47. The van der Waals surface area contributed by atoms with Gasteiger partial charge in [-0.1, -0.05) is 18.2 Å². The predicted octanol–water partition coefficient (Wildman–Crippen LogP) is 3.38. The number of halogens is 4. The highest BCUT2D eigenvalue weighted by atomic mass is 35.5. The summed E-state index contributed by atoms with van der Waals surface area (Å²) in [7, 11) is 0. The van der Waals surface area contributed by atoms with Gasteiger partial charge >= 0.3 is 6.18 Å². The Bertz CT molecular complexity index is 342. The second kappa shape index (κ2) is 6.71. The van der Waals surface area contributed by atoms with E-state index in [0.29, 0.717) is 11.6 Å². The molecule has 0 radical (unpaired) electrons. The summed E-state index contributed by atoms with van der Waals surface area (Å²) in [5.74, 6) is 0.859. The van der Waals surface area contributed by atoms with Crippen molar-refractivity contribution in [3.05, 3.63) is 29.8 Å². The first kappa shape index (κ1) is 14.1. The number of rotatable bonds is 6. The number of hydrogen-bond acceptors (Lipinski definition) is 2. The first-order valence-electron chi connectivity index (χ1n) is 4.94. The Balaban J connectivity index is 2.27. The molecule has 0 bridgehead atoms. The van der Waals surface area contributed by atoms with Crippen molar-refractivity contribution in [1.82, 2.24) is 0 Å². The first-order chi connectivity index (χ1) is 8.03. The monoisotopic (exact) mass is 268 g/mol. The summed E-state index contributed by atoms with van der Waals surface area (Å²) in [5, 5.41) is 0. The molecule has 1 aromatic rings. The lowest BCUT2D eigenvalue weighted by molar-refractivity contribution is -0.175. The SMILES string of the molecule is FC(F)(F)COCCOc1ccccc1CCl. The van der Waals surface area contributed by atoms with Gasteiger partial charge in [0.05, 0.1) is 12.5 Å². The van der Waals surface area contributed by atoms with Crippen molar-refractivity contribution in [2.24, 2.45) is 0 Å². The fraction of sp³-hybridized carbons (Fsp3) is 0.455. The van der Waals surface area contributed by atoms with E-state index < -0.39 is 12.8 Å². The van der Waals surface area contributed by atoms with Gasteiger partial charge in [0.2, 0.25) is 0 Å². The number of alkyl halides is 4. The van der Waals surface area contributed by atoms with Crippen LogP contribution >= 0.6 is 11.6 Å². The molecule has 96 valence electrons. The maximum Gasteiger partial charge on any atom is 0.411 e. The van der Waals surface area contributed by atoms with Crippen LogP contribution in [0.25, 0.3) is 0 Å². The molecule has 0 N–H and O–H groups in total. The zero-order valence-electron chi connectivity index (χ0n) is 8.97. The van der Waals surface area contributed by atoms with Crippen molar-refractivity contribution in [2.45, 2.75) is 12.1 Å². The minimum absolute atomic E-state index is 0.0595. The second-order valence-electron chi connectivity index (χ2n) is 3.26. The van der Waals surface area contributed by atoms with Crippen LogP contribution in [0.15, 0.2) is 24.3 Å². The highest BCUT2D eigenvalue weighted by Crippen LogP contribution is 2.19. The summed E-state index contributed by atoms with van der Waals surface area (Å²) in [6, 6.07) is 7.08. The van der Waals surface area contributed by atoms with Crippen LogP contribution in [0.2, 0.25) is 0 Å². The number of para-hydroxylation sites is 1. The lowest BCUT2D eigenvalue weighted by Gasteiger charge is -2.11. The highest BCUT2D eigenvalue weighted by molar-refractivity contribution is 6.17. The molecule has 6 heteroatoms. The lowest BCUT2D eigenvalue weighted by Crippen LogP contribution is -2.19. The molecular formula is C11H12ClF3O2. The van der Waals surface area contributed by atoms with Gasteiger partial charge in [-0.25, -0.2) is 0 Å². The van der Waals surface area contributed by atoms with Gasteiger partial charge in [-0.2, -0.15) is 13.2 Å². The summed E-state index contributed by atoms with van der Waals surface area (Å²) < 4.78 is 44.9. The van der Waals surface area contributed by atoms with Crippen molar-refractivity contribution in [1.29, 1.82) is 0 Å². The third-order valence-corrected chi connectivity index (χ3v) is 2.16. The zero-order valence-corrected chi connectivity index (χ0v) is 9.72. The minimum atomic E-state index is -4.30. The smallest absolute Gasteiger partial charge is 0.411 e. The molecule has 0 aromatic heterocycles. The average Bonchev–Trinajstić information content (AvgIpc) is 2.27. The van der Waals surface area contributed by atoms with Crippen molar-refractivity contribution < 1.29 is 22.6 Å². The van der Waals surface area contributed by atoms with Crippen molar-refractivity contribution in [2.75, 3.05) is 19.8 Å². The molecule has 2 nitrogen and oxygen atoms in total. The van der Waals surface area contributed by atoms with E-state index in [1.807, 2.05) is 6.07 Å². The molecule has 0 saturated heterocycles. The maximum absolute atomic E-state index is 11.7. The third kappa shape index (κ3) is 5.79. The molecule has 0 aliphatic rings. The van der Waals surface area contributed by atoms with Crippen LogP contribution in [0, 0.1) is 0 Å². The maximum atomic E-state index is 11.7. The second-order valence-corrected chi connectivity index (χ2v) is 3.52. The van der Waals surface area contributed by atoms with Gasteiger partial charge < -0.3 is 9.47 Å². The summed E-state index contributed by atoms with van der Waals surface area (Å²) >= 11 is 5.67. The van der Waals surface area contributed by atoms with Gasteiger partial charge in [0.15, 0.2) is 0 Å². The number of hydrogen-bond donors (Lipinski definition) is 0. The molecule has 0 saturated carbocycles. The topological polar surface area (TPSA) is 18.5 Å². The molecule has 0 fully saturated rings. The molecule has 0 spiro atoms. The van der Waals surface area contributed by atoms with E-state index >= 15 is 0 Å². The summed E-state index contributed by atoms with van der Waals surface area (Å²) in [5.41, 5.74) is 0.796. The number of ether oxygens (including phenoxy) is 2. The molecule has 0 amide bonds. The average molecular weight is 269 g/mol. The van der Waals surface area contributed by atoms with E-state index in [1.165, 1.54) is 0 Å². The van der Waals surface area contributed by atoms with Crippen LogP contribution in [-0.2, 0) is 10.6 Å². The summed E-state index contributed by atoms with van der Waals surface area (Å²) in [4.78, 5) is 0. The summed E-state index contributed by atoms with van der Waals surface area (Å²) in [6.45, 7) is -1.31. The van der Waals surface area contributed by atoms with E-state index in [1.54, 1.807) is 18.2 Å². The van der Waals surface area contributed by atoms with Gasteiger partial charge in [-0.15, -0.1) is 11.6 Å². The third-order valence-electron chi connectivity index (χ3n) is 1.87. The van der Waals surface area contributed by atoms with E-state index in [0.717, 1.165) is 5.56 Å². The Hall–Kier alpha value is -0.940. The number of benzene rings is 1. The quantitative estimate of drug-likeness (QED) is 0.582. The molecule has 0 aliphatic heterocycles. The highest BCUT2D eigenvalue weighted by Gasteiger charge is 2.27. The molecule has 0 aliphatic carbocycles. The Morgan fingerprint density at radius 1 is 1.12 bits per heavy atom. The van der Waals surface area contributed by atoms with Crippen LogP contribution in [0.5, 0.6) is 5.75 Å². The lowest BCUT2D eigenvalue weighted by atomic mass is 10.2. The molecule has 0 atom stereocenters. The predicted molar refractivity (Wildman–Crippen MR) is 58.4 cm³/mol. The fourth-order valence-corrected chi connectivity index (χ4v) is 1.37. The van der Waals surface area contributed by atoms with Gasteiger partial charge in [0.1, 0.15) is 19.0 Å². The zero-order chi connectivity index (χ0) is 12.7. The molecule has 0 heterocycles. The van der Waals surface area contributed by atoms with E-state index in [2.05, 4.69) is 4.74 Å². The van der Waals surface area contributed by atoms with Crippen LogP contribution < -0.4 is 4.74 Å². The Morgan fingerprint density at radius 2 is 1.82 bits per heavy atom. The van der Waals surface area contributed by atoms with Gasteiger partial charge in [0.25, 0.3) is 0 Å². The van der Waals surface area contributed by atoms with Crippen molar-refractivity contribution >= 4 is 11.6 Å². The fourth-order valence-electron chi connectivity index (χ4n) is 1.15.